The fourth-order valence-corrected chi connectivity index (χ4v) is 3.72. The number of nitrogens with one attached hydrogen (secondary N) is 2. The lowest BCUT2D eigenvalue weighted by Gasteiger charge is -2.27. The van der Waals surface area contributed by atoms with Gasteiger partial charge in [-0.05, 0) is 31.0 Å². The summed E-state index contributed by atoms with van der Waals surface area (Å²) in [7, 11) is 0. The third-order valence-electron chi connectivity index (χ3n) is 5.42. The van der Waals surface area contributed by atoms with E-state index in [1.165, 1.54) is 5.56 Å². The molecule has 30 heavy (non-hydrogen) atoms. The smallest absolute Gasteiger partial charge is 0.192 e. The van der Waals surface area contributed by atoms with Gasteiger partial charge in [0.15, 0.2) is 11.8 Å². The van der Waals surface area contributed by atoms with Gasteiger partial charge in [-0.1, -0.05) is 37.3 Å². The van der Waals surface area contributed by atoms with Crippen molar-refractivity contribution in [3.8, 4) is 0 Å². The molecule has 0 amide bonds. The van der Waals surface area contributed by atoms with E-state index in [1.807, 2.05) is 22.9 Å². The van der Waals surface area contributed by atoms with Gasteiger partial charge < -0.3 is 15.1 Å². The molecule has 7 nitrogen and oxygen atoms in total. The molecule has 2 aromatic heterocycles. The summed E-state index contributed by atoms with van der Waals surface area (Å²) in [6, 6.07) is 14.7. The lowest BCUT2D eigenvalue weighted by atomic mass is 10.1. The number of hydrogen-bond acceptors (Lipinski definition) is 4. The van der Waals surface area contributed by atoms with Gasteiger partial charge in [0.1, 0.15) is 11.6 Å². The quantitative estimate of drug-likeness (QED) is 0.465. The van der Waals surface area contributed by atoms with Crippen molar-refractivity contribution in [2.24, 2.45) is 4.99 Å². The van der Waals surface area contributed by atoms with E-state index in [9.17, 15) is 0 Å². The van der Waals surface area contributed by atoms with Crippen LogP contribution < -0.4 is 10.6 Å². The molecule has 4 rings (SSSR count). The number of fused-ring (bicyclic) bond motifs is 1. The van der Waals surface area contributed by atoms with Crippen LogP contribution >= 0.6 is 0 Å². The molecule has 0 saturated heterocycles. The van der Waals surface area contributed by atoms with E-state index in [0.29, 0.717) is 6.54 Å². The lowest BCUT2D eigenvalue weighted by molar-refractivity contribution is 0.390. The summed E-state index contributed by atoms with van der Waals surface area (Å²) in [5, 5.41) is 11.8. The van der Waals surface area contributed by atoms with Crippen molar-refractivity contribution in [3.05, 3.63) is 71.7 Å². The molecule has 158 valence electrons. The minimum Gasteiger partial charge on any atom is -0.469 e. The third-order valence-corrected chi connectivity index (χ3v) is 5.42. The number of nitrogens with zero attached hydrogens (tertiary/aromatic N) is 4. The molecule has 2 unspecified atom stereocenters. The van der Waals surface area contributed by atoms with Gasteiger partial charge >= 0.3 is 0 Å². The highest BCUT2D eigenvalue weighted by Crippen LogP contribution is 2.15. The Balaban J connectivity index is 1.43. The molecular weight excluding hydrogens is 376 g/mol. The van der Waals surface area contributed by atoms with Crippen molar-refractivity contribution in [1.82, 2.24) is 25.4 Å². The molecule has 1 aromatic carbocycles. The van der Waals surface area contributed by atoms with Crippen LogP contribution in [0.3, 0.4) is 0 Å². The summed E-state index contributed by atoms with van der Waals surface area (Å²) in [5.41, 5.74) is 1.23. The predicted octanol–water partition coefficient (Wildman–Crippen LogP) is 3.29. The van der Waals surface area contributed by atoms with Gasteiger partial charge in [-0.3, -0.25) is 4.99 Å². The van der Waals surface area contributed by atoms with Gasteiger partial charge in [0, 0.05) is 31.8 Å². The van der Waals surface area contributed by atoms with Crippen LogP contribution in [0, 0.1) is 0 Å². The Hall–Kier alpha value is -3.09. The van der Waals surface area contributed by atoms with Gasteiger partial charge in [-0.25, -0.2) is 9.67 Å². The van der Waals surface area contributed by atoms with E-state index in [2.05, 4.69) is 58.8 Å². The number of aromatic nitrogens is 3. The molecule has 0 aliphatic carbocycles. The van der Waals surface area contributed by atoms with Gasteiger partial charge in [0.25, 0.3) is 0 Å². The predicted molar refractivity (Wildman–Crippen MR) is 117 cm³/mol. The van der Waals surface area contributed by atoms with Crippen molar-refractivity contribution >= 4 is 5.96 Å². The van der Waals surface area contributed by atoms with Crippen LogP contribution in [0.15, 0.2) is 58.1 Å². The Morgan fingerprint density at radius 2 is 2.13 bits per heavy atom. The summed E-state index contributed by atoms with van der Waals surface area (Å²) in [4.78, 5) is 9.44. The number of guanidine groups is 1. The average Bonchev–Trinajstić information content (AvgIpc) is 3.43. The lowest BCUT2D eigenvalue weighted by Crippen LogP contribution is -2.47. The topological polar surface area (TPSA) is 80.3 Å². The monoisotopic (exact) mass is 406 g/mol. The van der Waals surface area contributed by atoms with E-state index in [1.54, 1.807) is 6.26 Å². The number of rotatable bonds is 7. The zero-order valence-corrected chi connectivity index (χ0v) is 17.7. The zero-order chi connectivity index (χ0) is 20.8. The first kappa shape index (κ1) is 20.2. The molecular formula is C23H30N6O. The average molecular weight is 407 g/mol. The standard InChI is InChI=1S/C23H30N6O/c1-3-21-27-22-12-11-19(16-29(22)28-21)26-23(24-14-13-20-10-7-15-30-20)25-17(2)18-8-5-4-6-9-18/h4-10,15,17,19H,3,11-14,16H2,1-2H3,(H2,24,25,26). The van der Waals surface area contributed by atoms with Crippen molar-refractivity contribution < 1.29 is 4.42 Å². The molecule has 1 aliphatic heterocycles. The van der Waals surface area contributed by atoms with E-state index in [4.69, 9.17) is 9.41 Å². The third kappa shape index (κ3) is 5.09. The minimum absolute atomic E-state index is 0.151. The molecule has 0 radical (unpaired) electrons. The second kappa shape index (κ2) is 9.61. The van der Waals surface area contributed by atoms with E-state index < -0.39 is 0 Å². The Kier molecular flexibility index (Phi) is 6.47. The van der Waals surface area contributed by atoms with Gasteiger partial charge in [0.05, 0.1) is 18.8 Å². The first-order chi connectivity index (χ1) is 14.7. The summed E-state index contributed by atoms with van der Waals surface area (Å²) >= 11 is 0. The molecule has 0 saturated carbocycles. The molecule has 3 heterocycles. The van der Waals surface area contributed by atoms with E-state index >= 15 is 0 Å². The van der Waals surface area contributed by atoms with Crippen LogP contribution in [0.4, 0.5) is 0 Å². The summed E-state index contributed by atoms with van der Waals surface area (Å²) in [5.74, 6) is 3.79. The Labute approximate surface area is 177 Å². The zero-order valence-electron chi connectivity index (χ0n) is 17.7. The van der Waals surface area contributed by atoms with Gasteiger partial charge in [-0.15, -0.1) is 0 Å². The number of aliphatic imine (C=N–C) groups is 1. The number of benzene rings is 1. The maximum Gasteiger partial charge on any atom is 0.192 e. The van der Waals surface area contributed by atoms with Crippen LogP contribution in [0.25, 0.3) is 0 Å². The summed E-state index contributed by atoms with van der Waals surface area (Å²) < 4.78 is 7.48. The van der Waals surface area contributed by atoms with Crippen molar-refractivity contribution in [3.63, 3.8) is 0 Å². The highest BCUT2D eigenvalue weighted by Gasteiger charge is 2.22. The molecule has 7 heteroatoms. The van der Waals surface area contributed by atoms with E-state index in [-0.39, 0.29) is 12.1 Å². The van der Waals surface area contributed by atoms with Crippen LogP contribution in [0.5, 0.6) is 0 Å². The highest BCUT2D eigenvalue weighted by atomic mass is 16.3. The molecule has 0 spiro atoms. The Morgan fingerprint density at radius 3 is 2.90 bits per heavy atom. The molecule has 2 N–H and O–H groups in total. The molecule has 1 aliphatic rings. The molecule has 0 bridgehead atoms. The van der Waals surface area contributed by atoms with Crippen LogP contribution in [-0.4, -0.2) is 33.3 Å². The van der Waals surface area contributed by atoms with Crippen molar-refractivity contribution in [2.75, 3.05) is 6.54 Å². The van der Waals surface area contributed by atoms with Crippen molar-refractivity contribution in [2.45, 2.75) is 58.2 Å². The van der Waals surface area contributed by atoms with Gasteiger partial charge in [0.2, 0.25) is 0 Å². The Morgan fingerprint density at radius 1 is 1.27 bits per heavy atom. The Bertz CT molecular complexity index is 948. The van der Waals surface area contributed by atoms with Gasteiger partial charge in [-0.2, -0.15) is 5.10 Å². The van der Waals surface area contributed by atoms with Crippen molar-refractivity contribution in [1.29, 1.82) is 0 Å². The maximum atomic E-state index is 5.44. The summed E-state index contributed by atoms with van der Waals surface area (Å²) in [6.07, 6.45) is 5.29. The normalized spacial score (nSPS) is 17.4. The number of furan rings is 1. The number of aryl methyl sites for hydroxylation is 2. The van der Waals surface area contributed by atoms with E-state index in [0.717, 1.165) is 55.6 Å². The minimum atomic E-state index is 0.151. The molecule has 3 aromatic rings. The second-order valence-corrected chi connectivity index (χ2v) is 7.70. The van der Waals surface area contributed by atoms with Crippen LogP contribution in [0.2, 0.25) is 0 Å². The second-order valence-electron chi connectivity index (χ2n) is 7.70. The first-order valence-corrected chi connectivity index (χ1v) is 10.8. The largest absolute Gasteiger partial charge is 0.469 e. The summed E-state index contributed by atoms with van der Waals surface area (Å²) in [6.45, 7) is 5.71. The first-order valence-electron chi connectivity index (χ1n) is 10.8. The molecule has 0 fully saturated rings. The SMILES string of the molecule is CCc1nc2n(n1)CC(NC(=NCCc1ccco1)NC(C)c1ccccc1)CC2. The fourth-order valence-electron chi connectivity index (χ4n) is 3.72. The molecule has 2 atom stereocenters. The fraction of sp³-hybridized carbons (Fsp3) is 0.435. The van der Waals surface area contributed by atoms with Crippen LogP contribution in [0.1, 0.15) is 49.3 Å². The maximum absolute atomic E-state index is 5.44. The highest BCUT2D eigenvalue weighted by molar-refractivity contribution is 5.80. The van der Waals surface area contributed by atoms with Crippen LogP contribution in [-0.2, 0) is 25.8 Å². The number of hydrogen-bond donors (Lipinski definition) is 2.